The number of benzene rings is 3. The van der Waals surface area contributed by atoms with Crippen molar-refractivity contribution in [3.63, 3.8) is 0 Å². The second kappa shape index (κ2) is 10.6. The van der Waals surface area contributed by atoms with Crippen LogP contribution in [0.15, 0.2) is 60.7 Å². The summed E-state index contributed by atoms with van der Waals surface area (Å²) in [5.41, 5.74) is 0.393. The molecule has 1 amide bonds. The SMILES string of the molecule is CC(=O)[C@H]1CNCC[C@]1(C(=O)O)[N@+]1(CC(C)(C)C)C(=O)CSC(c2cccc3ccccc23)c2cc(Cl)ccc21. The second-order valence-corrected chi connectivity index (χ2v) is 13.8. The van der Waals surface area contributed by atoms with Gasteiger partial charge in [0.25, 0.3) is 0 Å². The second-order valence-electron chi connectivity index (χ2n) is 12.2. The zero-order valence-electron chi connectivity index (χ0n) is 23.4. The Morgan fingerprint density at radius 3 is 2.52 bits per heavy atom. The third kappa shape index (κ3) is 4.57. The number of thioether (sulfide) groups is 1. The fourth-order valence-corrected chi connectivity index (χ4v) is 8.46. The first-order chi connectivity index (χ1) is 18.9. The smallest absolute Gasteiger partial charge is 0.367 e. The highest BCUT2D eigenvalue weighted by Gasteiger charge is 2.69. The fourth-order valence-electron chi connectivity index (χ4n) is 7.00. The predicted molar refractivity (Wildman–Crippen MR) is 163 cm³/mol. The summed E-state index contributed by atoms with van der Waals surface area (Å²) in [5, 5.41) is 16.8. The van der Waals surface area contributed by atoms with Crippen LogP contribution in [-0.2, 0) is 14.4 Å². The molecule has 8 heteroatoms. The van der Waals surface area contributed by atoms with E-state index < -0.39 is 27.3 Å². The lowest BCUT2D eigenvalue weighted by atomic mass is 9.70. The fraction of sp³-hybridized carbons (Fsp3) is 0.406. The Labute approximate surface area is 244 Å². The third-order valence-electron chi connectivity index (χ3n) is 8.45. The van der Waals surface area contributed by atoms with Crippen molar-refractivity contribution in [2.45, 2.75) is 44.9 Å². The average Bonchev–Trinajstić information content (AvgIpc) is 3.02. The van der Waals surface area contributed by atoms with E-state index in [4.69, 9.17) is 11.6 Å². The summed E-state index contributed by atoms with van der Waals surface area (Å²) in [5.74, 6) is -2.31. The molecule has 0 saturated carbocycles. The molecule has 0 aromatic heterocycles. The minimum absolute atomic E-state index is 0.101. The molecule has 2 heterocycles. The van der Waals surface area contributed by atoms with Gasteiger partial charge in [-0.05, 0) is 35.4 Å². The normalized spacial score (nSPS) is 27.2. The Morgan fingerprint density at radius 2 is 1.82 bits per heavy atom. The first kappa shape index (κ1) is 28.8. The molecule has 0 radical (unpaired) electrons. The molecule has 1 saturated heterocycles. The highest BCUT2D eigenvalue weighted by molar-refractivity contribution is 8.00. The van der Waals surface area contributed by atoms with Crippen LogP contribution in [0.2, 0.25) is 5.02 Å². The maximum absolute atomic E-state index is 14.8. The van der Waals surface area contributed by atoms with Gasteiger partial charge in [-0.25, -0.2) is 14.1 Å². The minimum atomic E-state index is -1.67. The predicted octanol–water partition coefficient (Wildman–Crippen LogP) is 6.23. The number of rotatable bonds is 5. The van der Waals surface area contributed by atoms with E-state index in [1.54, 1.807) is 6.07 Å². The highest BCUT2D eigenvalue weighted by atomic mass is 35.5. The number of halogens is 1. The summed E-state index contributed by atoms with van der Waals surface area (Å²) >= 11 is 8.15. The first-order valence-electron chi connectivity index (χ1n) is 13.7. The van der Waals surface area contributed by atoms with Crippen molar-refractivity contribution in [3.8, 4) is 0 Å². The van der Waals surface area contributed by atoms with Crippen molar-refractivity contribution < 1.29 is 19.5 Å². The average molecular weight is 580 g/mol. The zero-order valence-corrected chi connectivity index (χ0v) is 24.9. The number of ketones is 1. The van der Waals surface area contributed by atoms with Crippen molar-refractivity contribution in [1.29, 1.82) is 0 Å². The van der Waals surface area contributed by atoms with Crippen molar-refractivity contribution in [3.05, 3.63) is 76.8 Å². The lowest BCUT2D eigenvalue weighted by molar-refractivity contribution is -0.167. The molecule has 40 heavy (non-hydrogen) atoms. The minimum Gasteiger partial charge on any atom is -0.477 e. The molecule has 5 rings (SSSR count). The van der Waals surface area contributed by atoms with Gasteiger partial charge in [-0.3, -0.25) is 4.79 Å². The molecule has 3 aromatic carbocycles. The number of carbonyl (C=O) groups excluding carboxylic acids is 2. The molecule has 0 spiro atoms. The van der Waals surface area contributed by atoms with Crippen molar-refractivity contribution >= 4 is 57.5 Å². The number of nitrogens with one attached hydrogen (secondary N) is 1. The number of Topliss-reactive ketones (excluding diaryl/α,β-unsaturated/α-hetero) is 1. The Balaban J connectivity index is 1.89. The molecule has 3 aromatic rings. The quantitative estimate of drug-likeness (QED) is 0.349. The van der Waals surface area contributed by atoms with Gasteiger partial charge in [-0.2, -0.15) is 0 Å². The topological polar surface area (TPSA) is 83.5 Å². The maximum Gasteiger partial charge on any atom is 0.367 e. The number of fused-ring (bicyclic) bond motifs is 2. The molecule has 2 aliphatic rings. The van der Waals surface area contributed by atoms with Gasteiger partial charge in [0.2, 0.25) is 5.54 Å². The number of hydrogen-bond donors (Lipinski definition) is 2. The lowest BCUT2D eigenvalue weighted by Gasteiger charge is -2.54. The van der Waals surface area contributed by atoms with Gasteiger partial charge in [0.05, 0.1) is 17.7 Å². The number of quaternary nitrogens is 1. The van der Waals surface area contributed by atoms with Crippen LogP contribution in [0, 0.1) is 11.3 Å². The molecule has 6 nitrogen and oxygen atoms in total. The summed E-state index contributed by atoms with van der Waals surface area (Å²) in [7, 11) is 0. The van der Waals surface area contributed by atoms with E-state index in [9.17, 15) is 19.5 Å². The Kier molecular flexibility index (Phi) is 7.64. The molecule has 0 bridgehead atoms. The van der Waals surface area contributed by atoms with Gasteiger partial charge in [-0.15, -0.1) is 11.8 Å². The van der Waals surface area contributed by atoms with Crippen molar-refractivity contribution in [2.75, 3.05) is 25.4 Å². The summed E-state index contributed by atoms with van der Waals surface area (Å²) in [6.45, 7) is 8.36. The van der Waals surface area contributed by atoms with E-state index in [2.05, 4.69) is 29.6 Å². The summed E-state index contributed by atoms with van der Waals surface area (Å²) < 4.78 is -0.418. The van der Waals surface area contributed by atoms with E-state index in [1.165, 1.54) is 18.7 Å². The van der Waals surface area contributed by atoms with Gasteiger partial charge >= 0.3 is 11.9 Å². The number of hydrogen-bond acceptors (Lipinski definition) is 5. The van der Waals surface area contributed by atoms with Gasteiger partial charge in [-0.1, -0.05) is 74.8 Å². The molecule has 0 aliphatic carbocycles. The molecular formula is C32H36ClN2O4S+. The number of carbonyl (C=O) groups is 3. The summed E-state index contributed by atoms with van der Waals surface area (Å²) in [6, 6.07) is 19.8. The first-order valence-corrected chi connectivity index (χ1v) is 15.1. The van der Waals surface area contributed by atoms with Gasteiger partial charge in [0.1, 0.15) is 17.2 Å². The maximum atomic E-state index is 14.8. The zero-order chi connectivity index (χ0) is 28.9. The molecule has 1 fully saturated rings. The van der Waals surface area contributed by atoms with Crippen LogP contribution in [0.4, 0.5) is 5.69 Å². The van der Waals surface area contributed by atoms with Crippen LogP contribution in [0.25, 0.3) is 10.8 Å². The number of nitrogens with zero attached hydrogens (tertiary/aromatic N) is 1. The molecule has 1 unspecified atom stereocenters. The molecule has 4 atom stereocenters. The standard InChI is InChI=1S/C32H35ClN2O4S/c1-20(36)26-17-34-15-14-32(26,30(38)39)35(19-31(2,3)4)27-13-12-22(33)16-25(27)29(40-18-28(35)37)24-11-7-9-21-8-5-6-10-23(21)24/h5-13,16,26,29,34H,14-15,17-19H2,1-4H3/p+1/t26-,29?,32+,35+/m1/s1. The van der Waals surface area contributed by atoms with E-state index in [0.29, 0.717) is 17.3 Å². The van der Waals surface area contributed by atoms with Gasteiger partial charge < -0.3 is 10.4 Å². The van der Waals surface area contributed by atoms with Crippen LogP contribution >= 0.6 is 23.4 Å². The largest absolute Gasteiger partial charge is 0.477 e. The molecule has 2 aliphatic heterocycles. The van der Waals surface area contributed by atoms with E-state index in [0.717, 1.165) is 21.9 Å². The van der Waals surface area contributed by atoms with Gasteiger partial charge in [0, 0.05) is 41.6 Å². The number of amides is 1. The number of carboxylic acids is 1. The Hall–Kier alpha value is -2.71. The van der Waals surface area contributed by atoms with Crippen LogP contribution in [0.3, 0.4) is 0 Å². The molecule has 210 valence electrons. The lowest BCUT2D eigenvalue weighted by Crippen LogP contribution is -2.80. The van der Waals surface area contributed by atoms with Crippen LogP contribution in [0.1, 0.15) is 50.5 Å². The van der Waals surface area contributed by atoms with Crippen molar-refractivity contribution in [2.24, 2.45) is 11.3 Å². The van der Waals surface area contributed by atoms with E-state index in [-0.39, 0.29) is 42.2 Å². The summed E-state index contributed by atoms with van der Waals surface area (Å²) in [4.78, 5) is 41.7. The highest BCUT2D eigenvalue weighted by Crippen LogP contribution is 2.54. The Bertz CT molecular complexity index is 1500. The van der Waals surface area contributed by atoms with Crippen LogP contribution < -0.4 is 9.80 Å². The van der Waals surface area contributed by atoms with E-state index in [1.807, 2.05) is 51.1 Å². The number of aliphatic carboxylic acids is 1. The number of carboxylic acid groups (broad SMARTS) is 1. The van der Waals surface area contributed by atoms with Crippen LogP contribution in [0.5, 0.6) is 0 Å². The molecule has 2 N–H and O–H groups in total. The third-order valence-corrected chi connectivity index (χ3v) is 9.94. The van der Waals surface area contributed by atoms with Gasteiger partial charge in [0.15, 0.2) is 0 Å². The monoisotopic (exact) mass is 579 g/mol. The van der Waals surface area contributed by atoms with Crippen molar-refractivity contribution in [1.82, 2.24) is 9.80 Å². The van der Waals surface area contributed by atoms with Crippen LogP contribution in [-0.4, -0.2) is 53.7 Å². The van der Waals surface area contributed by atoms with E-state index >= 15 is 0 Å². The summed E-state index contributed by atoms with van der Waals surface area (Å²) in [6.07, 6.45) is 0.153. The number of piperidine rings is 1. The molecular weight excluding hydrogens is 544 g/mol. The Morgan fingerprint density at radius 1 is 1.10 bits per heavy atom.